The zero-order chi connectivity index (χ0) is 21.1. The second-order valence-corrected chi connectivity index (χ2v) is 11.6. The van der Waals surface area contributed by atoms with Gasteiger partial charge in [-0.15, -0.1) is 0 Å². The van der Waals surface area contributed by atoms with E-state index in [4.69, 9.17) is 5.73 Å². The summed E-state index contributed by atoms with van der Waals surface area (Å²) in [6.07, 6.45) is 6.56. The van der Waals surface area contributed by atoms with Crippen molar-refractivity contribution in [2.45, 2.75) is 76.8 Å². The van der Waals surface area contributed by atoms with E-state index in [1.807, 2.05) is 0 Å². The van der Waals surface area contributed by atoms with Gasteiger partial charge in [0.05, 0.1) is 5.41 Å². The molecule has 4 aliphatic carbocycles. The molecule has 1 saturated heterocycles. The molecular formula is C26H39N3O. The molecule has 1 aliphatic heterocycles. The van der Waals surface area contributed by atoms with Gasteiger partial charge in [0.2, 0.25) is 5.91 Å². The van der Waals surface area contributed by atoms with Crippen LogP contribution in [0.3, 0.4) is 0 Å². The number of nitrogens with zero attached hydrogens (tertiary/aromatic N) is 1. The molecule has 1 aromatic rings. The number of carbonyl (C=O) groups excluding carboxylic acids is 1. The number of nitrogens with one attached hydrogen (secondary N) is 1. The number of amides is 1. The van der Waals surface area contributed by atoms with E-state index < -0.39 is 0 Å². The van der Waals surface area contributed by atoms with Gasteiger partial charge in [-0.1, -0.05) is 51.1 Å². The molecule has 5 aliphatic rings. The third kappa shape index (κ3) is 3.05. The molecule has 1 amide bonds. The summed E-state index contributed by atoms with van der Waals surface area (Å²) in [5.74, 6) is 1.65. The Hall–Kier alpha value is -1.39. The molecule has 4 bridgehead atoms. The van der Waals surface area contributed by atoms with Crippen LogP contribution in [0.4, 0.5) is 0 Å². The molecular weight excluding hydrogens is 370 g/mol. The van der Waals surface area contributed by atoms with E-state index in [0.29, 0.717) is 23.8 Å². The predicted molar refractivity (Wildman–Crippen MR) is 121 cm³/mol. The molecule has 6 rings (SSSR count). The molecule has 4 heteroatoms. The number of hydrogen-bond donors (Lipinski definition) is 2. The average Bonchev–Trinajstić information content (AvgIpc) is 2.72. The van der Waals surface area contributed by atoms with Crippen LogP contribution in [0.5, 0.6) is 0 Å². The molecule has 164 valence electrons. The lowest BCUT2D eigenvalue weighted by Gasteiger charge is -2.65. The van der Waals surface area contributed by atoms with Crippen LogP contribution >= 0.6 is 0 Å². The van der Waals surface area contributed by atoms with Crippen molar-refractivity contribution in [1.82, 2.24) is 10.2 Å². The highest BCUT2D eigenvalue weighted by Gasteiger charge is 2.64. The van der Waals surface area contributed by atoms with Gasteiger partial charge in [0.1, 0.15) is 0 Å². The molecule has 1 aromatic carbocycles. The molecule has 0 radical (unpaired) electrons. The summed E-state index contributed by atoms with van der Waals surface area (Å²) < 4.78 is 0. The first-order chi connectivity index (χ1) is 14.3. The summed E-state index contributed by atoms with van der Waals surface area (Å²) in [5, 5.41) is 3.81. The molecule has 2 unspecified atom stereocenters. The summed E-state index contributed by atoms with van der Waals surface area (Å²) in [4.78, 5) is 16.3. The van der Waals surface area contributed by atoms with Gasteiger partial charge >= 0.3 is 0 Å². The van der Waals surface area contributed by atoms with E-state index >= 15 is 0 Å². The van der Waals surface area contributed by atoms with Crippen LogP contribution in [-0.2, 0) is 10.2 Å². The first kappa shape index (κ1) is 20.5. The second kappa shape index (κ2) is 7.06. The standard InChI is InChI=1S/C26H39N3O/c1-4-28-22-18-12-25(20-8-6-5-7-9-20)13-19(22)15-26(14-18,16-25)23(30)29-11-10-21(27)24(2,3)17-29/h5-9,18-19,21-22,28H,4,10-17,27H2,1-3H3/t18?,19?,21-,22?,25?,26?/m0/s1. The smallest absolute Gasteiger partial charge is 0.228 e. The van der Waals surface area contributed by atoms with Crippen LogP contribution in [0.2, 0.25) is 0 Å². The normalized spacial score (nSPS) is 41.8. The minimum Gasteiger partial charge on any atom is -0.342 e. The molecule has 30 heavy (non-hydrogen) atoms. The van der Waals surface area contributed by atoms with Gasteiger partial charge in [-0.3, -0.25) is 4.79 Å². The van der Waals surface area contributed by atoms with Crippen LogP contribution in [0.15, 0.2) is 30.3 Å². The van der Waals surface area contributed by atoms with Crippen molar-refractivity contribution in [3.63, 3.8) is 0 Å². The molecule has 4 nitrogen and oxygen atoms in total. The van der Waals surface area contributed by atoms with E-state index in [-0.39, 0.29) is 22.3 Å². The van der Waals surface area contributed by atoms with Gasteiger partial charge in [0.25, 0.3) is 0 Å². The Morgan fingerprint density at radius 2 is 1.80 bits per heavy atom. The number of benzene rings is 1. The highest BCUT2D eigenvalue weighted by molar-refractivity contribution is 5.84. The van der Waals surface area contributed by atoms with Crippen molar-refractivity contribution < 1.29 is 4.79 Å². The maximum absolute atomic E-state index is 14.1. The molecule has 5 fully saturated rings. The third-order valence-corrected chi connectivity index (χ3v) is 9.18. The summed E-state index contributed by atoms with van der Waals surface area (Å²) in [6.45, 7) is 9.33. The molecule has 3 N–H and O–H groups in total. The van der Waals surface area contributed by atoms with E-state index in [2.05, 4.69) is 61.3 Å². The van der Waals surface area contributed by atoms with Crippen LogP contribution in [0, 0.1) is 22.7 Å². The lowest BCUT2D eigenvalue weighted by Crippen LogP contribution is -2.67. The van der Waals surface area contributed by atoms with Crippen molar-refractivity contribution in [2.75, 3.05) is 19.6 Å². The summed E-state index contributed by atoms with van der Waals surface area (Å²) in [7, 11) is 0. The van der Waals surface area contributed by atoms with Crippen molar-refractivity contribution in [1.29, 1.82) is 0 Å². The topological polar surface area (TPSA) is 58.4 Å². The number of likely N-dealkylation sites (tertiary alicyclic amines) is 1. The highest BCUT2D eigenvalue weighted by atomic mass is 16.2. The first-order valence-electron chi connectivity index (χ1n) is 12.1. The third-order valence-electron chi connectivity index (χ3n) is 9.18. The number of nitrogens with two attached hydrogens (primary N) is 1. The Bertz CT molecular complexity index is 788. The zero-order valence-corrected chi connectivity index (χ0v) is 19.0. The molecule has 4 saturated carbocycles. The minimum atomic E-state index is -0.175. The Morgan fingerprint density at radius 3 is 2.40 bits per heavy atom. The van der Waals surface area contributed by atoms with Crippen molar-refractivity contribution in [3.8, 4) is 0 Å². The molecule has 1 heterocycles. The van der Waals surface area contributed by atoms with E-state index in [9.17, 15) is 4.79 Å². The Morgan fingerprint density at radius 1 is 1.13 bits per heavy atom. The van der Waals surface area contributed by atoms with Crippen LogP contribution < -0.4 is 11.1 Å². The van der Waals surface area contributed by atoms with Crippen LogP contribution in [0.25, 0.3) is 0 Å². The molecule has 0 aromatic heterocycles. The maximum atomic E-state index is 14.1. The van der Waals surface area contributed by atoms with Crippen molar-refractivity contribution in [3.05, 3.63) is 35.9 Å². The number of carbonyl (C=O) groups is 1. The maximum Gasteiger partial charge on any atom is 0.228 e. The zero-order valence-electron chi connectivity index (χ0n) is 19.0. The van der Waals surface area contributed by atoms with Crippen molar-refractivity contribution in [2.24, 2.45) is 28.4 Å². The SMILES string of the molecule is CCNC1C2CC3(C(=O)N4CC[C@H](N)C(C)(C)C4)CC1CC(c1ccccc1)(C2)C3. The average molecular weight is 410 g/mol. The number of piperidine rings is 1. The lowest BCUT2D eigenvalue weighted by molar-refractivity contribution is -0.167. The van der Waals surface area contributed by atoms with Gasteiger partial charge in [-0.2, -0.15) is 0 Å². The Labute approximate surface area is 182 Å². The fourth-order valence-electron chi connectivity index (χ4n) is 7.98. The van der Waals surface area contributed by atoms with Gasteiger partial charge in [-0.25, -0.2) is 0 Å². The predicted octanol–water partition coefficient (Wildman–Crippen LogP) is 3.70. The highest BCUT2D eigenvalue weighted by Crippen LogP contribution is 2.66. The first-order valence-corrected chi connectivity index (χ1v) is 12.1. The second-order valence-electron chi connectivity index (χ2n) is 11.6. The summed E-state index contributed by atoms with van der Waals surface area (Å²) in [5.41, 5.74) is 7.85. The van der Waals surface area contributed by atoms with E-state index in [1.54, 1.807) is 0 Å². The van der Waals surface area contributed by atoms with Gasteiger partial charge in [0, 0.05) is 25.2 Å². The van der Waals surface area contributed by atoms with Gasteiger partial charge in [0.15, 0.2) is 0 Å². The Balaban J connectivity index is 1.49. The van der Waals surface area contributed by atoms with E-state index in [0.717, 1.165) is 45.3 Å². The minimum absolute atomic E-state index is 0.000374. The number of hydrogen-bond acceptors (Lipinski definition) is 3. The molecule has 3 atom stereocenters. The van der Waals surface area contributed by atoms with Crippen LogP contribution in [0.1, 0.15) is 64.9 Å². The largest absolute Gasteiger partial charge is 0.342 e. The Kier molecular flexibility index (Phi) is 4.83. The van der Waals surface area contributed by atoms with Crippen molar-refractivity contribution >= 4 is 5.91 Å². The lowest BCUT2D eigenvalue weighted by atomic mass is 9.41. The fourth-order valence-corrected chi connectivity index (χ4v) is 7.98. The fraction of sp³-hybridized carbons (Fsp3) is 0.731. The molecule has 0 spiro atoms. The monoisotopic (exact) mass is 409 g/mol. The number of rotatable bonds is 4. The van der Waals surface area contributed by atoms with Gasteiger partial charge in [-0.05, 0) is 73.3 Å². The van der Waals surface area contributed by atoms with Gasteiger partial charge < -0.3 is 16.0 Å². The van der Waals surface area contributed by atoms with E-state index in [1.165, 1.54) is 18.4 Å². The summed E-state index contributed by atoms with van der Waals surface area (Å²) >= 11 is 0. The quantitative estimate of drug-likeness (QED) is 0.797. The summed E-state index contributed by atoms with van der Waals surface area (Å²) in [6, 6.07) is 11.9. The van der Waals surface area contributed by atoms with Crippen LogP contribution in [-0.4, -0.2) is 42.5 Å².